The lowest BCUT2D eigenvalue weighted by molar-refractivity contribution is 0.0690. The highest BCUT2D eigenvalue weighted by atomic mass is 16.5. The number of ether oxygens (including phenoxy) is 1. The number of carboxylic acid groups (broad SMARTS) is 1. The van der Waals surface area contributed by atoms with Gasteiger partial charge in [0.05, 0.1) is 24.5 Å². The van der Waals surface area contributed by atoms with Gasteiger partial charge in [-0.1, -0.05) is 25.3 Å². The van der Waals surface area contributed by atoms with Crippen LogP contribution in [-0.2, 0) is 6.42 Å². The summed E-state index contributed by atoms with van der Waals surface area (Å²) in [6.45, 7) is 0. The fourth-order valence-electron chi connectivity index (χ4n) is 3.98. The van der Waals surface area contributed by atoms with Crippen LogP contribution in [-0.4, -0.2) is 32.8 Å². The second-order valence-corrected chi connectivity index (χ2v) is 7.09. The summed E-state index contributed by atoms with van der Waals surface area (Å²) >= 11 is 0. The van der Waals surface area contributed by atoms with Crippen LogP contribution >= 0.6 is 0 Å². The number of hydrogen-bond acceptors (Lipinski definition) is 4. The monoisotopic (exact) mass is 365 g/mol. The lowest BCUT2D eigenvalue weighted by Crippen LogP contribution is -2.08. The maximum atomic E-state index is 11.3. The first-order valence-corrected chi connectivity index (χ1v) is 9.40. The van der Waals surface area contributed by atoms with E-state index in [1.54, 1.807) is 13.2 Å². The average Bonchev–Trinajstić information content (AvgIpc) is 3.06. The van der Waals surface area contributed by atoms with E-state index in [4.69, 9.17) is 9.84 Å². The van der Waals surface area contributed by atoms with Crippen molar-refractivity contribution >= 4 is 11.5 Å². The molecule has 1 saturated carbocycles. The van der Waals surface area contributed by atoms with E-state index >= 15 is 0 Å². The van der Waals surface area contributed by atoms with Gasteiger partial charge in [0, 0.05) is 23.6 Å². The first-order chi connectivity index (χ1) is 13.2. The number of carboxylic acids is 1. The Morgan fingerprint density at radius 2 is 2.04 bits per heavy atom. The van der Waals surface area contributed by atoms with Crippen LogP contribution in [0.3, 0.4) is 0 Å². The Kier molecular flexibility index (Phi) is 4.79. The van der Waals surface area contributed by atoms with Crippen LogP contribution in [0.4, 0.5) is 0 Å². The number of carbonyl (C=O) groups is 1. The van der Waals surface area contributed by atoms with Crippen molar-refractivity contribution in [3.05, 3.63) is 59.2 Å². The van der Waals surface area contributed by atoms with E-state index in [9.17, 15) is 9.90 Å². The number of fused-ring (bicyclic) bond motifs is 1. The Labute approximate surface area is 157 Å². The third kappa shape index (κ3) is 3.52. The predicted molar refractivity (Wildman–Crippen MR) is 102 cm³/mol. The van der Waals surface area contributed by atoms with Gasteiger partial charge in [-0.15, -0.1) is 0 Å². The molecule has 27 heavy (non-hydrogen) atoms. The van der Waals surface area contributed by atoms with Crippen molar-refractivity contribution in [1.82, 2.24) is 14.6 Å². The number of aromatic carboxylic acids is 1. The molecule has 4 rings (SSSR count). The number of nitrogens with zero attached hydrogens (tertiary/aromatic N) is 3. The molecule has 0 bridgehead atoms. The van der Waals surface area contributed by atoms with Crippen LogP contribution in [0.5, 0.6) is 5.75 Å². The number of hydrogen-bond donors (Lipinski definition) is 1. The van der Waals surface area contributed by atoms with Crippen molar-refractivity contribution in [2.75, 3.05) is 7.11 Å². The van der Waals surface area contributed by atoms with E-state index < -0.39 is 5.97 Å². The summed E-state index contributed by atoms with van der Waals surface area (Å²) < 4.78 is 7.23. The fourth-order valence-corrected chi connectivity index (χ4v) is 3.98. The number of methoxy groups -OCH3 is 1. The summed E-state index contributed by atoms with van der Waals surface area (Å²) in [5, 5.41) is 14.1. The largest absolute Gasteiger partial charge is 0.495 e. The normalized spacial score (nSPS) is 15.1. The highest BCUT2D eigenvalue weighted by Crippen LogP contribution is 2.36. The molecule has 6 nitrogen and oxygen atoms in total. The maximum Gasteiger partial charge on any atom is 0.354 e. The third-order valence-corrected chi connectivity index (χ3v) is 5.35. The fraction of sp³-hybridized carbons (Fsp3) is 0.381. The smallest absolute Gasteiger partial charge is 0.354 e. The van der Waals surface area contributed by atoms with Crippen LogP contribution < -0.4 is 4.74 Å². The van der Waals surface area contributed by atoms with Gasteiger partial charge in [0.1, 0.15) is 11.4 Å². The Morgan fingerprint density at radius 3 is 2.78 bits per heavy atom. The SMILES string of the molecule is COc1ccc2c(Cc3cccc(C(=O)O)n3)c(C3CCCCC3)nn2c1. The number of rotatable bonds is 5. The van der Waals surface area contributed by atoms with E-state index in [1.165, 1.54) is 25.3 Å². The minimum absolute atomic E-state index is 0.0739. The van der Waals surface area contributed by atoms with Gasteiger partial charge in [0.15, 0.2) is 0 Å². The molecular formula is C21H23N3O3. The molecule has 0 spiro atoms. The molecule has 3 heterocycles. The summed E-state index contributed by atoms with van der Waals surface area (Å²) in [4.78, 5) is 15.6. The van der Waals surface area contributed by atoms with Gasteiger partial charge in [-0.2, -0.15) is 5.10 Å². The lowest BCUT2D eigenvalue weighted by Gasteiger charge is -2.20. The molecule has 3 aromatic rings. The second-order valence-electron chi connectivity index (χ2n) is 7.09. The highest BCUT2D eigenvalue weighted by molar-refractivity contribution is 5.85. The molecule has 3 aromatic heterocycles. The van der Waals surface area contributed by atoms with Crippen LogP contribution in [0.2, 0.25) is 0 Å². The Hall–Kier alpha value is -2.89. The van der Waals surface area contributed by atoms with E-state index in [2.05, 4.69) is 4.98 Å². The van der Waals surface area contributed by atoms with Gasteiger partial charge in [-0.05, 0) is 37.1 Å². The zero-order valence-electron chi connectivity index (χ0n) is 15.4. The topological polar surface area (TPSA) is 76.7 Å². The lowest BCUT2D eigenvalue weighted by atomic mass is 9.84. The van der Waals surface area contributed by atoms with Crippen molar-refractivity contribution < 1.29 is 14.6 Å². The molecule has 140 valence electrons. The van der Waals surface area contributed by atoms with Crippen molar-refractivity contribution in [2.45, 2.75) is 44.4 Å². The van der Waals surface area contributed by atoms with Crippen molar-refractivity contribution in [1.29, 1.82) is 0 Å². The molecule has 1 aliphatic rings. The zero-order valence-corrected chi connectivity index (χ0v) is 15.4. The molecule has 0 amide bonds. The average molecular weight is 365 g/mol. The molecule has 0 unspecified atom stereocenters. The van der Waals surface area contributed by atoms with E-state index in [-0.39, 0.29) is 5.69 Å². The van der Waals surface area contributed by atoms with E-state index in [1.807, 2.05) is 28.9 Å². The van der Waals surface area contributed by atoms with Crippen molar-refractivity contribution in [3.63, 3.8) is 0 Å². The van der Waals surface area contributed by atoms with Gasteiger partial charge in [-0.3, -0.25) is 0 Å². The molecule has 1 fully saturated rings. The summed E-state index contributed by atoms with van der Waals surface area (Å²) in [5.41, 5.74) is 4.10. The molecule has 6 heteroatoms. The summed E-state index contributed by atoms with van der Waals surface area (Å²) in [5.74, 6) is 0.203. The van der Waals surface area contributed by atoms with Crippen LogP contribution in [0, 0.1) is 0 Å². The predicted octanol–water partition coefficient (Wildman–Crippen LogP) is 4.07. The van der Waals surface area contributed by atoms with Gasteiger partial charge < -0.3 is 9.84 Å². The molecule has 0 saturated heterocycles. The minimum Gasteiger partial charge on any atom is -0.495 e. The summed E-state index contributed by atoms with van der Waals surface area (Å²) in [7, 11) is 1.65. The van der Waals surface area contributed by atoms with Crippen LogP contribution in [0.15, 0.2) is 36.5 Å². The Morgan fingerprint density at radius 1 is 1.22 bits per heavy atom. The molecule has 0 atom stereocenters. The Balaban J connectivity index is 1.79. The van der Waals surface area contributed by atoms with Gasteiger partial charge in [0.25, 0.3) is 0 Å². The number of aromatic nitrogens is 3. The molecular weight excluding hydrogens is 342 g/mol. The summed E-state index contributed by atoms with van der Waals surface area (Å²) in [6, 6.07) is 9.11. The van der Waals surface area contributed by atoms with Crippen molar-refractivity contribution in [2.24, 2.45) is 0 Å². The molecule has 1 aliphatic carbocycles. The molecule has 1 N–H and O–H groups in total. The van der Waals surface area contributed by atoms with E-state index in [0.717, 1.165) is 41.1 Å². The van der Waals surface area contributed by atoms with Gasteiger partial charge >= 0.3 is 5.97 Å². The molecule has 0 radical (unpaired) electrons. The van der Waals surface area contributed by atoms with Crippen molar-refractivity contribution in [3.8, 4) is 5.75 Å². The van der Waals surface area contributed by atoms with Gasteiger partial charge in [-0.25, -0.2) is 14.3 Å². The first-order valence-electron chi connectivity index (χ1n) is 9.40. The second kappa shape index (κ2) is 7.39. The molecule has 0 aliphatic heterocycles. The van der Waals surface area contributed by atoms with Crippen LogP contribution in [0.25, 0.3) is 5.52 Å². The zero-order chi connectivity index (χ0) is 18.8. The summed E-state index contributed by atoms with van der Waals surface area (Å²) in [6.07, 6.45) is 8.51. The first kappa shape index (κ1) is 17.5. The molecule has 0 aromatic carbocycles. The highest BCUT2D eigenvalue weighted by Gasteiger charge is 2.24. The standard InChI is InChI=1S/C21H23N3O3/c1-27-16-10-11-19-17(12-15-8-5-9-18(22-15)21(25)26)20(23-24(19)13-16)14-6-3-2-4-7-14/h5,8-11,13-14H,2-4,6-7,12H2,1H3,(H,25,26). The quantitative estimate of drug-likeness (QED) is 0.737. The van der Waals surface area contributed by atoms with Crippen LogP contribution in [0.1, 0.15) is 65.5 Å². The third-order valence-electron chi connectivity index (χ3n) is 5.35. The minimum atomic E-state index is -1.01. The van der Waals surface area contributed by atoms with Gasteiger partial charge in [0.2, 0.25) is 0 Å². The number of pyridine rings is 2. The maximum absolute atomic E-state index is 11.3. The van der Waals surface area contributed by atoms with E-state index in [0.29, 0.717) is 12.3 Å². The Bertz CT molecular complexity index is 974.